The number of hydrogen-bond donors (Lipinski definition) is 0. The van der Waals surface area contributed by atoms with Gasteiger partial charge in [-0.3, -0.25) is 4.79 Å². The molecule has 3 aliphatic rings. The summed E-state index contributed by atoms with van der Waals surface area (Å²) in [6.45, 7) is 1.61. The van der Waals surface area contributed by atoms with Gasteiger partial charge >= 0.3 is 0 Å². The van der Waals surface area contributed by atoms with Crippen LogP contribution in [0.5, 0.6) is 0 Å². The molecule has 35 heavy (non-hydrogen) atoms. The molecule has 6 rings (SSSR count). The highest BCUT2D eigenvalue weighted by atomic mass is 32.2. The summed E-state index contributed by atoms with van der Waals surface area (Å²) in [4.78, 5) is 15.7. The Balaban J connectivity index is 1.31. The number of anilines is 1. The van der Waals surface area contributed by atoms with Crippen molar-refractivity contribution in [1.29, 1.82) is 0 Å². The Bertz CT molecular complexity index is 1410. The second-order valence-electron chi connectivity index (χ2n) is 9.48. The molecule has 7 nitrogen and oxygen atoms in total. The lowest BCUT2D eigenvalue weighted by molar-refractivity contribution is 0.0983. The highest BCUT2D eigenvalue weighted by molar-refractivity contribution is 7.89. The van der Waals surface area contributed by atoms with E-state index in [9.17, 15) is 17.6 Å². The van der Waals surface area contributed by atoms with Crippen LogP contribution < -0.4 is 4.90 Å². The van der Waals surface area contributed by atoms with E-state index >= 15 is 0 Å². The molecule has 0 N–H and O–H groups in total. The van der Waals surface area contributed by atoms with Crippen molar-refractivity contribution in [2.24, 2.45) is 0 Å². The molecule has 3 heterocycles. The van der Waals surface area contributed by atoms with E-state index in [1.54, 1.807) is 44.2 Å². The minimum absolute atomic E-state index is 0.172. The molecule has 1 aromatic heterocycles. The molecule has 0 saturated carbocycles. The maximum absolute atomic E-state index is 13.7. The van der Waals surface area contributed by atoms with E-state index in [4.69, 9.17) is 0 Å². The van der Waals surface area contributed by atoms with E-state index in [0.717, 1.165) is 66.7 Å². The van der Waals surface area contributed by atoms with Crippen molar-refractivity contribution in [3.8, 4) is 5.69 Å². The van der Waals surface area contributed by atoms with Gasteiger partial charge in [0, 0.05) is 36.6 Å². The first kappa shape index (κ1) is 22.4. The van der Waals surface area contributed by atoms with Gasteiger partial charge in [0.15, 0.2) is 5.69 Å². The lowest BCUT2D eigenvalue weighted by Gasteiger charge is -2.26. The van der Waals surface area contributed by atoms with Gasteiger partial charge in [-0.25, -0.2) is 17.5 Å². The minimum Gasteiger partial charge on any atom is -0.306 e. The Kier molecular flexibility index (Phi) is 5.49. The fraction of sp³-hybridized carbons (Fsp3) is 0.385. The SMILES string of the molecule is O=C(c1nn(-c2ccc(F)cc2)c2c1CCC2)N1CCc2cc(S(=O)(=O)N3CCCCC3)ccc21. The molecule has 0 radical (unpaired) electrons. The zero-order valence-corrected chi connectivity index (χ0v) is 20.2. The fourth-order valence-corrected chi connectivity index (χ4v) is 7.10. The quantitative estimate of drug-likeness (QED) is 0.552. The predicted molar refractivity (Wildman–Crippen MR) is 130 cm³/mol. The van der Waals surface area contributed by atoms with Crippen molar-refractivity contribution in [1.82, 2.24) is 14.1 Å². The molecule has 2 aliphatic heterocycles. The largest absolute Gasteiger partial charge is 0.306 e. The van der Waals surface area contributed by atoms with Crippen molar-refractivity contribution < 1.29 is 17.6 Å². The van der Waals surface area contributed by atoms with Crippen LogP contribution in [0.3, 0.4) is 0 Å². The fourth-order valence-electron chi connectivity index (χ4n) is 5.54. The molecule has 9 heteroatoms. The Morgan fingerprint density at radius 1 is 0.886 bits per heavy atom. The average molecular weight is 495 g/mol. The summed E-state index contributed by atoms with van der Waals surface area (Å²) in [5.74, 6) is -0.487. The summed E-state index contributed by atoms with van der Waals surface area (Å²) < 4.78 is 43.0. The van der Waals surface area contributed by atoms with Gasteiger partial charge in [0.1, 0.15) is 5.82 Å². The minimum atomic E-state index is -3.52. The van der Waals surface area contributed by atoms with Crippen LogP contribution in [-0.2, 0) is 29.3 Å². The van der Waals surface area contributed by atoms with Gasteiger partial charge in [0.25, 0.3) is 5.91 Å². The average Bonchev–Trinajstić information content (AvgIpc) is 3.60. The number of halogens is 1. The molecule has 0 atom stereocenters. The van der Waals surface area contributed by atoms with Gasteiger partial charge < -0.3 is 4.90 Å². The number of aromatic nitrogens is 2. The summed E-state index contributed by atoms with van der Waals surface area (Å²) in [6, 6.07) is 11.2. The molecule has 2 aromatic carbocycles. The maximum Gasteiger partial charge on any atom is 0.279 e. The van der Waals surface area contributed by atoms with Gasteiger partial charge in [-0.2, -0.15) is 9.40 Å². The Morgan fingerprint density at radius 2 is 1.66 bits per heavy atom. The van der Waals surface area contributed by atoms with Crippen LogP contribution in [0.1, 0.15) is 53.0 Å². The third kappa shape index (κ3) is 3.77. The smallest absolute Gasteiger partial charge is 0.279 e. The van der Waals surface area contributed by atoms with Gasteiger partial charge in [-0.15, -0.1) is 0 Å². The number of carbonyl (C=O) groups excluding carboxylic acids is 1. The molecule has 1 saturated heterocycles. The van der Waals surface area contributed by atoms with Crippen LogP contribution in [0.25, 0.3) is 5.69 Å². The summed E-state index contributed by atoms with van der Waals surface area (Å²) in [6.07, 6.45) is 6.00. The monoisotopic (exact) mass is 494 g/mol. The number of nitrogens with zero attached hydrogens (tertiary/aromatic N) is 4. The van der Waals surface area contributed by atoms with Crippen molar-refractivity contribution in [3.63, 3.8) is 0 Å². The normalized spacial score (nSPS) is 18.0. The lowest BCUT2D eigenvalue weighted by atomic mass is 10.1. The first-order chi connectivity index (χ1) is 16.9. The standard InChI is InChI=1S/C26H27FN4O3S/c27-19-7-9-20(10-8-19)31-24-6-4-5-22(24)25(28-31)26(32)30-16-13-18-17-21(11-12-23(18)30)35(33,34)29-14-2-1-3-15-29/h7-12,17H,1-6,13-16H2. The number of rotatable bonds is 4. The summed E-state index contributed by atoms with van der Waals surface area (Å²) in [5.41, 5.74) is 4.74. The predicted octanol–water partition coefficient (Wildman–Crippen LogP) is 3.88. The van der Waals surface area contributed by atoms with Crippen LogP contribution in [0.2, 0.25) is 0 Å². The first-order valence-electron chi connectivity index (χ1n) is 12.2. The Labute approximate surface area is 204 Å². The number of sulfonamides is 1. The highest BCUT2D eigenvalue weighted by Crippen LogP contribution is 2.35. The zero-order chi connectivity index (χ0) is 24.2. The summed E-state index contributed by atoms with van der Waals surface area (Å²) in [7, 11) is -3.52. The van der Waals surface area contributed by atoms with Crippen molar-refractivity contribution in [2.45, 2.75) is 49.8 Å². The maximum atomic E-state index is 13.7. The number of amides is 1. The third-order valence-electron chi connectivity index (χ3n) is 7.35. The van der Waals surface area contributed by atoms with E-state index in [-0.39, 0.29) is 11.7 Å². The molecule has 3 aromatic rings. The van der Waals surface area contributed by atoms with E-state index in [0.29, 0.717) is 36.6 Å². The van der Waals surface area contributed by atoms with Crippen LogP contribution in [0, 0.1) is 5.82 Å². The van der Waals surface area contributed by atoms with Crippen LogP contribution in [0.15, 0.2) is 47.4 Å². The van der Waals surface area contributed by atoms with Crippen molar-refractivity contribution in [3.05, 3.63) is 70.8 Å². The second-order valence-corrected chi connectivity index (χ2v) is 11.4. The van der Waals surface area contributed by atoms with Gasteiger partial charge in [-0.1, -0.05) is 6.42 Å². The Morgan fingerprint density at radius 3 is 2.43 bits per heavy atom. The van der Waals surface area contributed by atoms with Crippen molar-refractivity contribution in [2.75, 3.05) is 24.5 Å². The number of fused-ring (bicyclic) bond motifs is 2. The van der Waals surface area contributed by atoms with E-state index < -0.39 is 10.0 Å². The van der Waals surface area contributed by atoms with Gasteiger partial charge in [0.05, 0.1) is 10.6 Å². The van der Waals surface area contributed by atoms with Crippen LogP contribution in [0.4, 0.5) is 10.1 Å². The van der Waals surface area contributed by atoms with Crippen LogP contribution in [-0.4, -0.2) is 48.0 Å². The van der Waals surface area contributed by atoms with Crippen LogP contribution >= 0.6 is 0 Å². The highest BCUT2D eigenvalue weighted by Gasteiger charge is 2.34. The number of benzene rings is 2. The molecular formula is C26H27FN4O3S. The second kappa shape index (κ2) is 8.57. The van der Waals surface area contributed by atoms with Crippen molar-refractivity contribution >= 4 is 21.6 Å². The van der Waals surface area contributed by atoms with E-state index in [1.807, 2.05) is 0 Å². The van der Waals surface area contributed by atoms with E-state index in [1.165, 1.54) is 12.1 Å². The molecule has 0 bridgehead atoms. The Hall–Kier alpha value is -3.04. The summed E-state index contributed by atoms with van der Waals surface area (Å²) >= 11 is 0. The van der Waals surface area contributed by atoms with E-state index in [2.05, 4.69) is 5.10 Å². The number of piperidine rings is 1. The molecule has 0 unspecified atom stereocenters. The number of carbonyl (C=O) groups is 1. The zero-order valence-electron chi connectivity index (χ0n) is 19.4. The first-order valence-corrected chi connectivity index (χ1v) is 13.7. The molecule has 1 fully saturated rings. The third-order valence-corrected chi connectivity index (χ3v) is 9.24. The molecule has 1 aliphatic carbocycles. The molecular weight excluding hydrogens is 467 g/mol. The topological polar surface area (TPSA) is 75.5 Å². The molecule has 0 spiro atoms. The molecule has 182 valence electrons. The lowest BCUT2D eigenvalue weighted by Crippen LogP contribution is -2.35. The molecule has 1 amide bonds. The van der Waals surface area contributed by atoms with Gasteiger partial charge in [0.2, 0.25) is 10.0 Å². The summed E-state index contributed by atoms with van der Waals surface area (Å²) in [5, 5.41) is 4.67. The number of hydrogen-bond acceptors (Lipinski definition) is 4. The van der Waals surface area contributed by atoms with Gasteiger partial charge in [-0.05, 0) is 86.6 Å².